The van der Waals surface area contributed by atoms with Crippen LogP contribution in [-0.4, -0.2) is 129 Å². The monoisotopic (exact) mass is 686 g/mol. The van der Waals surface area contributed by atoms with Gasteiger partial charge in [-0.05, 0) is 71.6 Å². The lowest BCUT2D eigenvalue weighted by Gasteiger charge is -2.23. The van der Waals surface area contributed by atoms with E-state index < -0.39 is 0 Å². The van der Waals surface area contributed by atoms with Crippen LogP contribution < -0.4 is 33.6 Å². The minimum absolute atomic E-state index is 0.0621. The predicted molar refractivity (Wildman–Crippen MR) is 189 cm³/mol. The number of nitrogens with one attached hydrogen (secondary N) is 2. The molecule has 0 aromatic heterocycles. The molecule has 0 bridgehead atoms. The summed E-state index contributed by atoms with van der Waals surface area (Å²) in [5.74, 6) is -0.956. The first-order chi connectivity index (χ1) is 23.1. The molecule has 0 radical (unpaired) electrons. The first-order valence-corrected chi connectivity index (χ1v) is 17.8. The molecular formula is C33H67N9O6. The molecule has 0 heterocycles. The lowest BCUT2D eigenvalue weighted by molar-refractivity contribution is -0.134. The van der Waals surface area contributed by atoms with Crippen LogP contribution in [0.15, 0.2) is 0 Å². The van der Waals surface area contributed by atoms with Crippen molar-refractivity contribution >= 4 is 35.3 Å². The molecule has 0 unspecified atom stereocenters. The molecule has 15 nitrogen and oxygen atoms in total. The molecule has 0 saturated carbocycles. The molecule has 280 valence electrons. The zero-order chi connectivity index (χ0) is 36.6. The van der Waals surface area contributed by atoms with Gasteiger partial charge in [-0.1, -0.05) is 13.8 Å². The summed E-state index contributed by atoms with van der Waals surface area (Å²) >= 11 is 0. The van der Waals surface area contributed by atoms with E-state index in [0.29, 0.717) is 117 Å². The van der Waals surface area contributed by atoms with Crippen molar-refractivity contribution in [3.05, 3.63) is 0 Å². The van der Waals surface area contributed by atoms with Gasteiger partial charge in [-0.2, -0.15) is 0 Å². The van der Waals surface area contributed by atoms with Crippen molar-refractivity contribution in [1.82, 2.24) is 25.3 Å². The van der Waals surface area contributed by atoms with E-state index in [4.69, 9.17) is 22.9 Å². The van der Waals surface area contributed by atoms with E-state index in [-0.39, 0.29) is 73.8 Å². The van der Waals surface area contributed by atoms with Crippen molar-refractivity contribution in [3.8, 4) is 0 Å². The summed E-state index contributed by atoms with van der Waals surface area (Å²) < 4.78 is 0. The van der Waals surface area contributed by atoms with E-state index in [1.165, 1.54) is 6.92 Å². The van der Waals surface area contributed by atoms with Gasteiger partial charge in [-0.25, -0.2) is 0 Å². The standard InChI is InChI=1S/C31H61N9O6.C2H6/c1-26(41)8-11-29(44)40(24-6-18-36-27(42)9-12-30(45)38(20-2-14-32)21-3-15-33)25-7-19-37-28(43)10-13-31(46)39(22-4-16-34)23-5-17-35;1-2/h2-25,32-35H2,1H3,(H,36,42)(H,37,43);1-2H3. The summed E-state index contributed by atoms with van der Waals surface area (Å²) in [6, 6.07) is 0. The van der Waals surface area contributed by atoms with Crippen LogP contribution in [0.1, 0.15) is 97.8 Å². The van der Waals surface area contributed by atoms with E-state index >= 15 is 0 Å². The van der Waals surface area contributed by atoms with Crippen molar-refractivity contribution in [2.75, 3.05) is 78.5 Å². The Morgan fingerprint density at radius 3 is 0.979 bits per heavy atom. The van der Waals surface area contributed by atoms with Gasteiger partial charge >= 0.3 is 0 Å². The molecule has 0 aliphatic carbocycles. The number of carbonyl (C=O) groups is 6. The average Bonchev–Trinajstić information content (AvgIpc) is 3.08. The van der Waals surface area contributed by atoms with Crippen LogP contribution >= 0.6 is 0 Å². The van der Waals surface area contributed by atoms with E-state index in [1.807, 2.05) is 13.8 Å². The van der Waals surface area contributed by atoms with E-state index in [1.54, 1.807) is 14.7 Å². The lowest BCUT2D eigenvalue weighted by atomic mass is 10.2. The second-order valence-corrected chi connectivity index (χ2v) is 11.3. The Hall–Kier alpha value is -3.14. The summed E-state index contributed by atoms with van der Waals surface area (Å²) in [5.41, 5.74) is 22.3. The van der Waals surface area contributed by atoms with Crippen LogP contribution in [0, 0.1) is 0 Å². The Kier molecular flexibility index (Phi) is 31.7. The SMILES string of the molecule is CC.CC(=O)CCC(=O)N(CCCNC(=O)CCC(=O)N(CCCN)CCCN)CCCNC(=O)CCC(=O)N(CCCN)CCCN. The van der Waals surface area contributed by atoms with Crippen molar-refractivity contribution in [3.63, 3.8) is 0 Å². The number of amides is 5. The molecule has 0 rings (SSSR count). The van der Waals surface area contributed by atoms with E-state index in [2.05, 4.69) is 10.6 Å². The summed E-state index contributed by atoms with van der Waals surface area (Å²) in [5, 5.41) is 5.60. The highest BCUT2D eigenvalue weighted by atomic mass is 16.2. The fraction of sp³-hybridized carbons (Fsp3) is 0.818. The molecular weight excluding hydrogens is 618 g/mol. The summed E-state index contributed by atoms with van der Waals surface area (Å²) in [4.78, 5) is 79.0. The third-order valence-corrected chi connectivity index (χ3v) is 7.26. The molecule has 0 atom stereocenters. The summed E-state index contributed by atoms with van der Waals surface area (Å²) in [7, 11) is 0. The molecule has 0 aliphatic heterocycles. The van der Waals surface area contributed by atoms with E-state index in [0.717, 1.165) is 0 Å². The molecule has 0 aromatic carbocycles. The van der Waals surface area contributed by atoms with Gasteiger partial charge in [0.05, 0.1) is 0 Å². The Balaban J connectivity index is 0. The molecule has 5 amide bonds. The van der Waals surface area contributed by atoms with Crippen molar-refractivity contribution < 1.29 is 28.8 Å². The van der Waals surface area contributed by atoms with Crippen molar-refractivity contribution in [2.24, 2.45) is 22.9 Å². The second kappa shape index (κ2) is 32.4. The van der Waals surface area contributed by atoms with Crippen molar-refractivity contribution in [1.29, 1.82) is 0 Å². The fourth-order valence-electron chi connectivity index (χ4n) is 4.58. The number of carbonyl (C=O) groups excluding carboxylic acids is 6. The maximum Gasteiger partial charge on any atom is 0.223 e. The number of nitrogens with zero attached hydrogens (tertiary/aromatic N) is 3. The first-order valence-electron chi connectivity index (χ1n) is 17.8. The number of hydrogen-bond donors (Lipinski definition) is 6. The zero-order valence-electron chi connectivity index (χ0n) is 30.1. The van der Waals surface area contributed by atoms with Crippen LogP contribution in [0.3, 0.4) is 0 Å². The smallest absolute Gasteiger partial charge is 0.223 e. The topological polar surface area (TPSA) is 240 Å². The Morgan fingerprint density at radius 2 is 0.708 bits per heavy atom. The summed E-state index contributed by atoms with van der Waals surface area (Å²) in [6.45, 7) is 10.9. The molecule has 48 heavy (non-hydrogen) atoms. The maximum atomic E-state index is 12.8. The normalized spacial score (nSPS) is 10.4. The number of rotatable bonds is 29. The molecule has 0 aromatic rings. The molecule has 10 N–H and O–H groups in total. The number of Topliss-reactive ketones (excluding diaryl/α,β-unsaturated/α-hetero) is 1. The maximum absolute atomic E-state index is 12.8. The minimum atomic E-state index is -0.247. The number of ketones is 1. The Morgan fingerprint density at radius 1 is 0.438 bits per heavy atom. The van der Waals surface area contributed by atoms with Gasteiger partial charge in [0, 0.05) is 90.9 Å². The highest BCUT2D eigenvalue weighted by Crippen LogP contribution is 2.05. The van der Waals surface area contributed by atoms with Gasteiger partial charge in [0.15, 0.2) is 0 Å². The Bertz CT molecular complexity index is 835. The number of nitrogens with two attached hydrogens (primary N) is 4. The zero-order valence-corrected chi connectivity index (χ0v) is 30.1. The minimum Gasteiger partial charge on any atom is -0.356 e. The molecule has 15 heteroatoms. The largest absolute Gasteiger partial charge is 0.356 e. The fourth-order valence-corrected chi connectivity index (χ4v) is 4.58. The summed E-state index contributed by atoms with van der Waals surface area (Å²) in [6.07, 6.45) is 4.26. The third kappa shape index (κ3) is 25.9. The lowest BCUT2D eigenvalue weighted by Crippen LogP contribution is -2.37. The van der Waals surface area contributed by atoms with Gasteiger partial charge in [0.25, 0.3) is 0 Å². The Labute approximate surface area is 288 Å². The van der Waals surface area contributed by atoms with Crippen LogP contribution in [0.4, 0.5) is 0 Å². The van der Waals surface area contributed by atoms with Gasteiger partial charge in [0.1, 0.15) is 5.78 Å². The molecule has 0 aliphatic rings. The van der Waals surface area contributed by atoms with Crippen LogP contribution in [0.2, 0.25) is 0 Å². The van der Waals surface area contributed by atoms with Crippen LogP contribution in [0.25, 0.3) is 0 Å². The number of hydrogen-bond acceptors (Lipinski definition) is 10. The highest BCUT2D eigenvalue weighted by Gasteiger charge is 2.17. The highest BCUT2D eigenvalue weighted by molar-refractivity contribution is 5.85. The van der Waals surface area contributed by atoms with Crippen LogP contribution in [0.5, 0.6) is 0 Å². The van der Waals surface area contributed by atoms with Crippen molar-refractivity contribution in [2.45, 2.75) is 97.8 Å². The van der Waals surface area contributed by atoms with Gasteiger partial charge < -0.3 is 53.1 Å². The predicted octanol–water partition coefficient (Wildman–Crippen LogP) is -0.164. The van der Waals surface area contributed by atoms with Gasteiger partial charge in [-0.15, -0.1) is 0 Å². The molecule has 0 spiro atoms. The molecule has 0 saturated heterocycles. The van der Waals surface area contributed by atoms with Gasteiger partial charge in [-0.3, -0.25) is 24.0 Å². The quantitative estimate of drug-likeness (QED) is 0.0568. The van der Waals surface area contributed by atoms with Crippen LogP contribution in [-0.2, 0) is 28.8 Å². The molecule has 0 fully saturated rings. The average molecular weight is 686 g/mol. The third-order valence-electron chi connectivity index (χ3n) is 7.26. The second-order valence-electron chi connectivity index (χ2n) is 11.3. The van der Waals surface area contributed by atoms with Gasteiger partial charge in [0.2, 0.25) is 29.5 Å². The van der Waals surface area contributed by atoms with E-state index in [9.17, 15) is 28.8 Å². The first kappa shape index (κ1) is 47.0.